The molecule has 106 valence electrons. The summed E-state index contributed by atoms with van der Waals surface area (Å²) < 4.78 is 0. The summed E-state index contributed by atoms with van der Waals surface area (Å²) in [6, 6.07) is 6.23. The fraction of sp³-hybridized carbons (Fsp3) is 0.333. The number of rotatable bonds is 5. The lowest BCUT2D eigenvalue weighted by Gasteiger charge is -2.25. The summed E-state index contributed by atoms with van der Waals surface area (Å²) in [6.45, 7) is 7.85. The topological polar surface area (TPSA) is 42.2 Å². The molecule has 2 aromatic heterocycles. The van der Waals surface area contributed by atoms with E-state index in [1.54, 1.807) is 11.3 Å². The Kier molecular flexibility index (Phi) is 4.73. The van der Waals surface area contributed by atoms with Crippen LogP contribution in [0.2, 0.25) is 0 Å². The highest BCUT2D eigenvalue weighted by atomic mass is 32.1. The van der Waals surface area contributed by atoms with Gasteiger partial charge in [-0.25, -0.2) is 4.98 Å². The normalized spacial score (nSPS) is 10.6. The molecule has 0 unspecified atom stereocenters. The lowest BCUT2D eigenvalue weighted by atomic mass is 10.1. The molecule has 2 heterocycles. The summed E-state index contributed by atoms with van der Waals surface area (Å²) in [5.74, 6) is 0.894. The molecule has 0 radical (unpaired) electrons. The van der Waals surface area contributed by atoms with Crippen molar-refractivity contribution in [2.45, 2.75) is 27.3 Å². The first-order chi connectivity index (χ1) is 9.52. The van der Waals surface area contributed by atoms with Crippen molar-refractivity contribution in [3.8, 4) is 0 Å². The van der Waals surface area contributed by atoms with E-state index in [1.807, 2.05) is 19.9 Å². The van der Waals surface area contributed by atoms with Crippen LogP contribution in [0.4, 0.5) is 5.82 Å². The lowest BCUT2D eigenvalue weighted by molar-refractivity contribution is 0.817. The van der Waals surface area contributed by atoms with Crippen molar-refractivity contribution in [3.63, 3.8) is 0 Å². The maximum absolute atomic E-state index is 5.90. The minimum atomic E-state index is 0.412. The number of anilines is 1. The predicted octanol–water partition coefficient (Wildman–Crippen LogP) is 3.42. The van der Waals surface area contributed by atoms with E-state index in [-0.39, 0.29) is 0 Å². The molecular formula is C15H19N3S2. The third kappa shape index (κ3) is 3.16. The molecule has 2 aromatic rings. The van der Waals surface area contributed by atoms with E-state index < -0.39 is 0 Å². The van der Waals surface area contributed by atoms with Crippen molar-refractivity contribution in [1.29, 1.82) is 0 Å². The largest absolute Gasteiger partial charge is 0.389 e. The third-order valence-corrected chi connectivity index (χ3v) is 4.25. The zero-order chi connectivity index (χ0) is 14.7. The molecular weight excluding hydrogens is 286 g/mol. The standard InChI is InChI=1S/C15H19N3S2/c1-4-18(9-12-6-5-7-20-12)15-13(14(16)19)10(2)8-11(3)17-15/h5-8H,4,9H2,1-3H3,(H2,16,19). The van der Waals surface area contributed by atoms with Crippen LogP contribution in [0, 0.1) is 13.8 Å². The molecule has 2 rings (SSSR count). The van der Waals surface area contributed by atoms with Gasteiger partial charge in [0.25, 0.3) is 0 Å². The molecule has 0 saturated heterocycles. The Hall–Kier alpha value is -1.46. The van der Waals surface area contributed by atoms with Crippen molar-refractivity contribution in [3.05, 3.63) is 45.3 Å². The van der Waals surface area contributed by atoms with Gasteiger partial charge in [0.2, 0.25) is 0 Å². The zero-order valence-electron chi connectivity index (χ0n) is 12.0. The van der Waals surface area contributed by atoms with Gasteiger partial charge in [-0.2, -0.15) is 0 Å². The second kappa shape index (κ2) is 6.33. The summed E-state index contributed by atoms with van der Waals surface area (Å²) in [4.78, 5) is 8.61. The van der Waals surface area contributed by atoms with Crippen LogP contribution < -0.4 is 10.6 Å². The average Bonchev–Trinajstić information content (AvgIpc) is 2.87. The Labute approximate surface area is 129 Å². The van der Waals surface area contributed by atoms with E-state index in [9.17, 15) is 0 Å². The Morgan fingerprint density at radius 2 is 2.20 bits per heavy atom. The Bertz CT molecular complexity index is 606. The van der Waals surface area contributed by atoms with Crippen molar-refractivity contribution in [2.75, 3.05) is 11.4 Å². The van der Waals surface area contributed by atoms with Gasteiger partial charge in [0.15, 0.2) is 0 Å². The lowest BCUT2D eigenvalue weighted by Crippen LogP contribution is -2.27. The van der Waals surface area contributed by atoms with Crippen LogP contribution in [0.3, 0.4) is 0 Å². The Balaban J connectivity index is 2.45. The SMILES string of the molecule is CCN(Cc1cccs1)c1nc(C)cc(C)c1C(N)=S. The van der Waals surface area contributed by atoms with E-state index >= 15 is 0 Å². The van der Waals surface area contributed by atoms with Crippen LogP contribution in [0.1, 0.15) is 28.6 Å². The van der Waals surface area contributed by atoms with Gasteiger partial charge in [0.1, 0.15) is 10.8 Å². The smallest absolute Gasteiger partial charge is 0.139 e. The number of nitrogens with two attached hydrogens (primary N) is 1. The fourth-order valence-electron chi connectivity index (χ4n) is 2.28. The molecule has 0 aromatic carbocycles. The fourth-order valence-corrected chi connectivity index (χ4v) is 3.25. The number of nitrogens with zero attached hydrogens (tertiary/aromatic N) is 2. The maximum atomic E-state index is 5.90. The summed E-state index contributed by atoms with van der Waals surface area (Å²) >= 11 is 6.96. The summed E-state index contributed by atoms with van der Waals surface area (Å²) in [5.41, 5.74) is 8.87. The van der Waals surface area contributed by atoms with Gasteiger partial charge in [-0.1, -0.05) is 18.3 Å². The van der Waals surface area contributed by atoms with E-state index in [1.165, 1.54) is 4.88 Å². The van der Waals surface area contributed by atoms with Crippen LogP contribution in [-0.2, 0) is 6.54 Å². The average molecular weight is 305 g/mol. The molecule has 20 heavy (non-hydrogen) atoms. The highest BCUT2D eigenvalue weighted by Gasteiger charge is 2.17. The number of hydrogen-bond donors (Lipinski definition) is 1. The number of aromatic nitrogens is 1. The number of hydrogen-bond acceptors (Lipinski definition) is 4. The van der Waals surface area contributed by atoms with Gasteiger partial charge in [-0.05, 0) is 43.8 Å². The molecule has 0 bridgehead atoms. The molecule has 0 spiro atoms. The molecule has 0 saturated carbocycles. The first-order valence-electron chi connectivity index (χ1n) is 6.58. The van der Waals surface area contributed by atoms with Crippen molar-refractivity contribution < 1.29 is 0 Å². The van der Waals surface area contributed by atoms with E-state index in [0.29, 0.717) is 4.99 Å². The zero-order valence-corrected chi connectivity index (χ0v) is 13.6. The van der Waals surface area contributed by atoms with Crippen LogP contribution in [0.5, 0.6) is 0 Å². The molecule has 0 aliphatic rings. The predicted molar refractivity (Wildman–Crippen MR) is 90.6 cm³/mol. The molecule has 5 heteroatoms. The highest BCUT2D eigenvalue weighted by Crippen LogP contribution is 2.25. The number of aryl methyl sites for hydroxylation is 2. The van der Waals surface area contributed by atoms with Crippen molar-refractivity contribution >= 4 is 34.4 Å². The van der Waals surface area contributed by atoms with Gasteiger partial charge in [-0.15, -0.1) is 11.3 Å². The quantitative estimate of drug-likeness (QED) is 0.860. The molecule has 0 aliphatic carbocycles. The van der Waals surface area contributed by atoms with Gasteiger partial charge >= 0.3 is 0 Å². The van der Waals surface area contributed by atoms with Gasteiger partial charge in [-0.3, -0.25) is 0 Å². The van der Waals surface area contributed by atoms with E-state index in [2.05, 4.69) is 34.3 Å². The number of thiocarbonyl (C=S) groups is 1. The minimum Gasteiger partial charge on any atom is -0.389 e. The van der Waals surface area contributed by atoms with Crippen LogP contribution in [0.25, 0.3) is 0 Å². The van der Waals surface area contributed by atoms with Gasteiger partial charge in [0.05, 0.1) is 12.1 Å². The molecule has 0 amide bonds. The first-order valence-corrected chi connectivity index (χ1v) is 7.87. The Morgan fingerprint density at radius 3 is 2.75 bits per heavy atom. The van der Waals surface area contributed by atoms with Crippen molar-refractivity contribution in [1.82, 2.24) is 4.98 Å². The number of thiophene rings is 1. The third-order valence-electron chi connectivity index (χ3n) is 3.18. The molecule has 2 N–H and O–H groups in total. The minimum absolute atomic E-state index is 0.412. The Morgan fingerprint density at radius 1 is 1.45 bits per heavy atom. The van der Waals surface area contributed by atoms with E-state index in [4.69, 9.17) is 18.0 Å². The summed E-state index contributed by atoms with van der Waals surface area (Å²) in [6.07, 6.45) is 0. The monoisotopic (exact) mass is 305 g/mol. The second-order valence-electron chi connectivity index (χ2n) is 4.74. The van der Waals surface area contributed by atoms with Crippen molar-refractivity contribution in [2.24, 2.45) is 5.73 Å². The maximum Gasteiger partial charge on any atom is 0.139 e. The van der Waals surface area contributed by atoms with E-state index in [0.717, 1.165) is 35.7 Å². The summed E-state index contributed by atoms with van der Waals surface area (Å²) in [7, 11) is 0. The molecule has 0 atom stereocenters. The number of pyridine rings is 1. The second-order valence-corrected chi connectivity index (χ2v) is 6.21. The van der Waals surface area contributed by atoms with Gasteiger partial charge in [0, 0.05) is 17.1 Å². The van der Waals surface area contributed by atoms with Crippen LogP contribution in [0.15, 0.2) is 23.6 Å². The highest BCUT2D eigenvalue weighted by molar-refractivity contribution is 7.80. The first kappa shape index (κ1) is 14.9. The summed E-state index contributed by atoms with van der Waals surface area (Å²) in [5, 5.41) is 2.09. The molecule has 0 aliphatic heterocycles. The van der Waals surface area contributed by atoms with Crippen LogP contribution >= 0.6 is 23.6 Å². The molecule has 0 fully saturated rings. The molecule has 3 nitrogen and oxygen atoms in total. The van der Waals surface area contributed by atoms with Crippen LogP contribution in [-0.4, -0.2) is 16.5 Å². The van der Waals surface area contributed by atoms with Gasteiger partial charge < -0.3 is 10.6 Å².